The fourth-order valence-corrected chi connectivity index (χ4v) is 2.60. The van der Waals surface area contributed by atoms with Crippen LogP contribution in [-0.2, 0) is 0 Å². The molecule has 2 heteroatoms. The monoisotopic (exact) mass is 212 g/mol. The molecule has 90 valence electrons. The molecule has 0 bridgehead atoms. The highest BCUT2D eigenvalue weighted by Gasteiger charge is 2.35. The Morgan fingerprint density at radius 2 is 1.67 bits per heavy atom. The van der Waals surface area contributed by atoms with Crippen LogP contribution in [0.5, 0.6) is 0 Å². The second kappa shape index (κ2) is 6.49. The molecule has 0 aromatic carbocycles. The van der Waals surface area contributed by atoms with E-state index in [9.17, 15) is 0 Å². The lowest BCUT2D eigenvalue weighted by Crippen LogP contribution is -2.40. The Morgan fingerprint density at radius 3 is 2.00 bits per heavy atom. The normalized spacial score (nSPS) is 19.2. The molecule has 2 N–H and O–H groups in total. The number of nitrogens with zero attached hydrogens (tertiary/aromatic N) is 1. The van der Waals surface area contributed by atoms with Crippen molar-refractivity contribution in [2.75, 3.05) is 26.2 Å². The van der Waals surface area contributed by atoms with Crippen molar-refractivity contribution in [3.8, 4) is 0 Å². The molecule has 0 heterocycles. The predicted octanol–water partition coefficient (Wildman–Crippen LogP) is 2.63. The molecular formula is C13H28N2. The number of hydrogen-bond donors (Lipinski definition) is 1. The minimum absolute atomic E-state index is 0.528. The summed E-state index contributed by atoms with van der Waals surface area (Å²) in [6.45, 7) is 9.22. The third-order valence-electron chi connectivity index (χ3n) is 3.89. The van der Waals surface area contributed by atoms with Gasteiger partial charge in [0.15, 0.2) is 0 Å². The van der Waals surface area contributed by atoms with E-state index in [1.54, 1.807) is 0 Å². The van der Waals surface area contributed by atoms with Crippen molar-refractivity contribution in [2.24, 2.45) is 11.1 Å². The maximum Gasteiger partial charge on any atom is -0.00130 e. The highest BCUT2D eigenvalue weighted by molar-refractivity contribution is 4.89. The first-order chi connectivity index (χ1) is 7.26. The molecule has 0 saturated heterocycles. The van der Waals surface area contributed by atoms with Crippen LogP contribution < -0.4 is 5.73 Å². The van der Waals surface area contributed by atoms with Crippen LogP contribution in [0.25, 0.3) is 0 Å². The van der Waals surface area contributed by atoms with Crippen molar-refractivity contribution >= 4 is 0 Å². The first kappa shape index (κ1) is 13.0. The van der Waals surface area contributed by atoms with Gasteiger partial charge in [0, 0.05) is 0 Å². The van der Waals surface area contributed by atoms with Gasteiger partial charge in [-0.05, 0) is 63.7 Å². The summed E-state index contributed by atoms with van der Waals surface area (Å²) in [6.07, 6.45) is 8.01. The van der Waals surface area contributed by atoms with Gasteiger partial charge in [-0.25, -0.2) is 0 Å². The van der Waals surface area contributed by atoms with Gasteiger partial charge in [-0.1, -0.05) is 20.3 Å². The maximum atomic E-state index is 5.88. The summed E-state index contributed by atoms with van der Waals surface area (Å²) in [5.41, 5.74) is 6.41. The average Bonchev–Trinajstić information content (AvgIpc) is 2.17. The lowest BCUT2D eigenvalue weighted by atomic mass is 9.66. The lowest BCUT2D eigenvalue weighted by molar-refractivity contribution is 0.106. The van der Waals surface area contributed by atoms with Crippen LogP contribution in [0, 0.1) is 5.41 Å². The van der Waals surface area contributed by atoms with Crippen LogP contribution in [0.2, 0.25) is 0 Å². The summed E-state index contributed by atoms with van der Waals surface area (Å²) >= 11 is 0. The Kier molecular flexibility index (Phi) is 5.62. The van der Waals surface area contributed by atoms with Gasteiger partial charge in [-0.2, -0.15) is 0 Å². The number of rotatable bonds is 8. The highest BCUT2D eigenvalue weighted by Crippen LogP contribution is 2.42. The summed E-state index contributed by atoms with van der Waals surface area (Å²) in [5, 5.41) is 0. The van der Waals surface area contributed by atoms with Gasteiger partial charge in [0.25, 0.3) is 0 Å². The van der Waals surface area contributed by atoms with Gasteiger partial charge in [-0.15, -0.1) is 0 Å². The lowest BCUT2D eigenvalue weighted by Gasteiger charge is -2.42. The number of nitrogens with two attached hydrogens (primary N) is 1. The standard InChI is InChI=1S/C13H28N2/c1-3-9-15(10-4-2)11-8-13(12-14)6-5-7-13/h3-12,14H2,1-2H3. The van der Waals surface area contributed by atoms with Crippen molar-refractivity contribution in [3.05, 3.63) is 0 Å². The van der Waals surface area contributed by atoms with E-state index in [0.29, 0.717) is 5.41 Å². The molecule has 0 amide bonds. The SMILES string of the molecule is CCCN(CCC)CCC1(CN)CCC1. The van der Waals surface area contributed by atoms with Crippen LogP contribution in [0.1, 0.15) is 52.4 Å². The van der Waals surface area contributed by atoms with Gasteiger partial charge in [0.2, 0.25) is 0 Å². The largest absolute Gasteiger partial charge is 0.330 e. The molecule has 15 heavy (non-hydrogen) atoms. The van der Waals surface area contributed by atoms with Gasteiger partial charge in [-0.3, -0.25) is 0 Å². The van der Waals surface area contributed by atoms with Gasteiger partial charge in [0.1, 0.15) is 0 Å². The quantitative estimate of drug-likeness (QED) is 0.670. The first-order valence-electron chi connectivity index (χ1n) is 6.69. The molecule has 1 rings (SSSR count). The molecule has 1 fully saturated rings. The molecule has 1 aliphatic rings. The third-order valence-corrected chi connectivity index (χ3v) is 3.89. The summed E-state index contributed by atoms with van der Waals surface area (Å²) in [4.78, 5) is 2.61. The summed E-state index contributed by atoms with van der Waals surface area (Å²) in [5.74, 6) is 0. The van der Waals surface area contributed by atoms with Crippen LogP contribution in [0.4, 0.5) is 0 Å². The Morgan fingerprint density at radius 1 is 1.07 bits per heavy atom. The second-order valence-electron chi connectivity index (χ2n) is 5.15. The topological polar surface area (TPSA) is 29.3 Å². The van der Waals surface area contributed by atoms with E-state index in [4.69, 9.17) is 5.73 Å². The molecule has 0 aromatic rings. The maximum absolute atomic E-state index is 5.88. The smallest absolute Gasteiger partial charge is 0.00130 e. The molecule has 1 aliphatic carbocycles. The Hall–Kier alpha value is -0.0800. The summed E-state index contributed by atoms with van der Waals surface area (Å²) < 4.78 is 0. The Labute approximate surface area is 95.2 Å². The van der Waals surface area contributed by atoms with E-state index in [1.807, 2.05) is 0 Å². The van der Waals surface area contributed by atoms with Crippen LogP contribution in [0.3, 0.4) is 0 Å². The molecule has 0 aliphatic heterocycles. The fourth-order valence-electron chi connectivity index (χ4n) is 2.60. The zero-order valence-corrected chi connectivity index (χ0v) is 10.6. The molecule has 0 atom stereocenters. The van der Waals surface area contributed by atoms with Crippen molar-refractivity contribution < 1.29 is 0 Å². The van der Waals surface area contributed by atoms with E-state index in [0.717, 1.165) is 6.54 Å². The average molecular weight is 212 g/mol. The van der Waals surface area contributed by atoms with Crippen molar-refractivity contribution in [1.29, 1.82) is 0 Å². The van der Waals surface area contributed by atoms with E-state index in [2.05, 4.69) is 18.7 Å². The Balaban J connectivity index is 2.25. The van der Waals surface area contributed by atoms with Gasteiger partial charge < -0.3 is 10.6 Å². The molecule has 0 radical (unpaired) electrons. The van der Waals surface area contributed by atoms with Crippen molar-refractivity contribution in [2.45, 2.75) is 52.4 Å². The summed E-state index contributed by atoms with van der Waals surface area (Å²) in [6, 6.07) is 0. The van der Waals surface area contributed by atoms with Crippen LogP contribution in [-0.4, -0.2) is 31.1 Å². The minimum Gasteiger partial charge on any atom is -0.330 e. The van der Waals surface area contributed by atoms with E-state index in [1.165, 1.54) is 58.2 Å². The minimum atomic E-state index is 0.528. The molecule has 0 unspecified atom stereocenters. The van der Waals surface area contributed by atoms with E-state index >= 15 is 0 Å². The van der Waals surface area contributed by atoms with E-state index in [-0.39, 0.29) is 0 Å². The Bertz CT molecular complexity index is 152. The molecule has 0 aromatic heterocycles. The molecule has 1 saturated carbocycles. The fraction of sp³-hybridized carbons (Fsp3) is 1.00. The zero-order valence-electron chi connectivity index (χ0n) is 10.6. The first-order valence-corrected chi connectivity index (χ1v) is 6.69. The summed E-state index contributed by atoms with van der Waals surface area (Å²) in [7, 11) is 0. The van der Waals surface area contributed by atoms with Crippen molar-refractivity contribution in [1.82, 2.24) is 4.90 Å². The number of hydrogen-bond acceptors (Lipinski definition) is 2. The van der Waals surface area contributed by atoms with Gasteiger partial charge >= 0.3 is 0 Å². The predicted molar refractivity (Wildman–Crippen MR) is 67.0 cm³/mol. The second-order valence-corrected chi connectivity index (χ2v) is 5.15. The molecule has 0 spiro atoms. The molecule has 2 nitrogen and oxygen atoms in total. The van der Waals surface area contributed by atoms with Crippen LogP contribution >= 0.6 is 0 Å². The van der Waals surface area contributed by atoms with Crippen LogP contribution in [0.15, 0.2) is 0 Å². The van der Waals surface area contributed by atoms with E-state index < -0.39 is 0 Å². The van der Waals surface area contributed by atoms with Crippen molar-refractivity contribution in [3.63, 3.8) is 0 Å². The zero-order chi connectivity index (χ0) is 11.1. The third kappa shape index (κ3) is 3.76. The highest BCUT2D eigenvalue weighted by atomic mass is 15.1. The molecular weight excluding hydrogens is 184 g/mol. The van der Waals surface area contributed by atoms with Gasteiger partial charge in [0.05, 0.1) is 0 Å².